The number of carbonyl (C=O) groups excluding carboxylic acids is 2. The predicted molar refractivity (Wildman–Crippen MR) is 180 cm³/mol. The maximum Gasteiger partial charge on any atom is 0.355 e. The molecule has 238 valence electrons. The van der Waals surface area contributed by atoms with Crippen LogP contribution in [-0.2, 0) is 15.6 Å². The first-order chi connectivity index (χ1) is 21.6. The Labute approximate surface area is 267 Å². The minimum absolute atomic E-state index is 0.0624. The Kier molecular flexibility index (Phi) is 8.44. The maximum atomic E-state index is 13.1. The van der Waals surface area contributed by atoms with Gasteiger partial charge >= 0.3 is 5.69 Å². The molecule has 0 aliphatic heterocycles. The first-order valence-corrected chi connectivity index (χ1v) is 15.0. The van der Waals surface area contributed by atoms with Crippen molar-refractivity contribution in [3.8, 4) is 22.7 Å². The Bertz CT molecular complexity index is 1950. The number of nitrogens with one attached hydrogen (secondary N) is 2. The zero-order valence-corrected chi connectivity index (χ0v) is 26.9. The average Bonchev–Trinajstić information content (AvgIpc) is 3.33. The molecule has 3 aromatic carbocycles. The van der Waals surface area contributed by atoms with Crippen molar-refractivity contribution in [2.45, 2.75) is 58.8 Å². The molecular weight excluding hydrogens is 582 g/mol. The Morgan fingerprint density at radius 2 is 1.52 bits per heavy atom. The summed E-state index contributed by atoms with van der Waals surface area (Å²) in [5, 5.41) is 20.9. The molecule has 0 saturated heterocycles. The number of aromatic nitrogens is 4. The van der Waals surface area contributed by atoms with Crippen molar-refractivity contribution >= 4 is 29.0 Å². The molecule has 0 fully saturated rings. The van der Waals surface area contributed by atoms with E-state index in [0.29, 0.717) is 39.3 Å². The second-order valence-corrected chi connectivity index (χ2v) is 13.3. The van der Waals surface area contributed by atoms with Crippen LogP contribution >= 0.6 is 0 Å². The van der Waals surface area contributed by atoms with Gasteiger partial charge in [-0.15, -0.1) is 5.10 Å². The van der Waals surface area contributed by atoms with E-state index in [0.717, 1.165) is 0 Å². The van der Waals surface area contributed by atoms with E-state index in [1.165, 1.54) is 9.08 Å². The number of benzene rings is 3. The van der Waals surface area contributed by atoms with Crippen LogP contribution in [0.4, 0.5) is 11.5 Å². The number of nitrogen functional groups attached to an aromatic ring is 1. The number of aromatic hydroxyl groups is 1. The molecule has 5 aromatic rings. The summed E-state index contributed by atoms with van der Waals surface area (Å²) in [7, 11) is 0. The van der Waals surface area contributed by atoms with Gasteiger partial charge < -0.3 is 21.5 Å². The SMILES string of the molecule is CC(C)(C)c1cc(C(=O)NCCC(=O)Nc2ccc(-c3cn4c(=O)n(-c5ccccc5)nc4c(N)n3)cc2)cc(C(C)(C)C)c1O. The average molecular weight is 622 g/mol. The Balaban J connectivity index is 1.23. The van der Waals surface area contributed by atoms with E-state index in [1.54, 1.807) is 54.7 Å². The third-order valence-electron chi connectivity index (χ3n) is 7.62. The molecule has 0 aliphatic rings. The number of hydrogen-bond donors (Lipinski definition) is 4. The number of phenolic OH excluding ortho intramolecular Hbond substituents is 1. The quantitative estimate of drug-likeness (QED) is 0.195. The third kappa shape index (κ3) is 6.63. The van der Waals surface area contributed by atoms with Crippen molar-refractivity contribution in [2.75, 3.05) is 17.6 Å². The fourth-order valence-electron chi connectivity index (χ4n) is 5.13. The number of rotatable bonds is 7. The van der Waals surface area contributed by atoms with E-state index >= 15 is 0 Å². The van der Waals surface area contributed by atoms with Crippen molar-refractivity contribution in [1.82, 2.24) is 24.5 Å². The van der Waals surface area contributed by atoms with Crippen LogP contribution in [0.25, 0.3) is 22.6 Å². The molecule has 0 spiro atoms. The third-order valence-corrected chi connectivity index (χ3v) is 7.62. The van der Waals surface area contributed by atoms with Gasteiger partial charge in [-0.05, 0) is 47.2 Å². The monoisotopic (exact) mass is 621 g/mol. The minimum Gasteiger partial charge on any atom is -0.507 e. The molecule has 11 heteroatoms. The van der Waals surface area contributed by atoms with Crippen LogP contribution in [0.1, 0.15) is 69.4 Å². The van der Waals surface area contributed by atoms with E-state index in [2.05, 4.69) is 20.7 Å². The van der Waals surface area contributed by atoms with Gasteiger partial charge in [-0.1, -0.05) is 71.9 Å². The fourth-order valence-corrected chi connectivity index (χ4v) is 5.13. The number of para-hydroxylation sites is 1. The van der Waals surface area contributed by atoms with Gasteiger partial charge in [0.15, 0.2) is 5.82 Å². The number of hydrogen-bond acceptors (Lipinski definition) is 7. The molecule has 0 aliphatic carbocycles. The summed E-state index contributed by atoms with van der Waals surface area (Å²) < 4.78 is 2.63. The summed E-state index contributed by atoms with van der Waals surface area (Å²) >= 11 is 0. The van der Waals surface area contributed by atoms with Crippen LogP contribution < -0.4 is 22.1 Å². The first-order valence-electron chi connectivity index (χ1n) is 15.0. The fraction of sp³-hybridized carbons (Fsp3) is 0.286. The van der Waals surface area contributed by atoms with Crippen molar-refractivity contribution in [1.29, 1.82) is 0 Å². The van der Waals surface area contributed by atoms with Gasteiger partial charge in [0, 0.05) is 47.1 Å². The maximum absolute atomic E-state index is 13.1. The first kappa shape index (κ1) is 32.0. The van der Waals surface area contributed by atoms with Crippen LogP contribution in [0, 0.1) is 0 Å². The summed E-state index contributed by atoms with van der Waals surface area (Å²) in [6.07, 6.45) is 1.65. The molecule has 2 heterocycles. The summed E-state index contributed by atoms with van der Waals surface area (Å²) in [6, 6.07) is 19.5. The van der Waals surface area contributed by atoms with Gasteiger partial charge in [0.1, 0.15) is 5.75 Å². The summed E-state index contributed by atoms with van der Waals surface area (Å²) in [6.45, 7) is 12.1. The van der Waals surface area contributed by atoms with Gasteiger partial charge in [-0.25, -0.2) is 14.2 Å². The van der Waals surface area contributed by atoms with Crippen molar-refractivity contribution in [3.63, 3.8) is 0 Å². The van der Waals surface area contributed by atoms with Gasteiger partial charge in [-0.3, -0.25) is 9.59 Å². The normalized spacial score (nSPS) is 11.9. The van der Waals surface area contributed by atoms with E-state index in [-0.39, 0.29) is 58.5 Å². The highest BCUT2D eigenvalue weighted by molar-refractivity contribution is 5.96. The summed E-state index contributed by atoms with van der Waals surface area (Å²) in [5.74, 6) is -0.270. The number of amides is 2. The highest BCUT2D eigenvalue weighted by Crippen LogP contribution is 2.39. The molecule has 5 rings (SSSR count). The molecule has 5 N–H and O–H groups in total. The Hall–Kier alpha value is -5.45. The standard InChI is InChI=1S/C35H39N7O4/c1-34(2,3)25-18-22(19-26(29(25)44)35(4,5)6)32(45)37-17-16-28(43)38-23-14-12-21(13-15-23)27-20-41-31(30(36)39-27)40-42(33(41)46)24-10-8-7-9-11-24/h7-15,18-20,44H,16-17H2,1-6H3,(H2,36,39)(H,37,45)(H,38,43). The summed E-state index contributed by atoms with van der Waals surface area (Å²) in [5.41, 5.74) is 9.47. The van der Waals surface area contributed by atoms with Crippen molar-refractivity contribution < 1.29 is 14.7 Å². The lowest BCUT2D eigenvalue weighted by Crippen LogP contribution is -2.28. The number of anilines is 2. The number of nitrogens with two attached hydrogens (primary N) is 1. The zero-order valence-electron chi connectivity index (χ0n) is 26.9. The van der Waals surface area contributed by atoms with Crippen LogP contribution in [0.3, 0.4) is 0 Å². The lowest BCUT2D eigenvalue weighted by atomic mass is 9.78. The topological polar surface area (TPSA) is 157 Å². The van der Waals surface area contributed by atoms with E-state index in [4.69, 9.17) is 5.73 Å². The number of nitrogens with zero attached hydrogens (tertiary/aromatic N) is 4. The second kappa shape index (κ2) is 12.2. The Morgan fingerprint density at radius 1 is 0.913 bits per heavy atom. The molecule has 2 aromatic heterocycles. The summed E-state index contributed by atoms with van der Waals surface area (Å²) in [4.78, 5) is 43.2. The largest absolute Gasteiger partial charge is 0.507 e. The molecular formula is C35H39N7O4. The van der Waals surface area contributed by atoms with Crippen LogP contribution in [0.15, 0.2) is 77.7 Å². The van der Waals surface area contributed by atoms with Crippen molar-refractivity contribution in [2.24, 2.45) is 0 Å². The lowest BCUT2D eigenvalue weighted by molar-refractivity contribution is -0.116. The smallest absolute Gasteiger partial charge is 0.355 e. The molecule has 46 heavy (non-hydrogen) atoms. The van der Waals surface area contributed by atoms with Gasteiger partial charge in [0.25, 0.3) is 5.91 Å². The van der Waals surface area contributed by atoms with Crippen LogP contribution in [-0.4, -0.2) is 42.6 Å². The Morgan fingerprint density at radius 3 is 2.11 bits per heavy atom. The highest BCUT2D eigenvalue weighted by atomic mass is 16.3. The molecule has 2 amide bonds. The van der Waals surface area contributed by atoms with E-state index in [1.807, 2.05) is 59.7 Å². The number of phenols is 1. The predicted octanol–water partition coefficient (Wildman–Crippen LogP) is 5.19. The van der Waals surface area contributed by atoms with Crippen molar-refractivity contribution in [3.05, 3.63) is 100 Å². The van der Waals surface area contributed by atoms with Gasteiger partial charge in [0.05, 0.1) is 11.4 Å². The minimum atomic E-state index is -0.373. The van der Waals surface area contributed by atoms with Gasteiger partial charge in [-0.2, -0.15) is 4.68 Å². The zero-order chi connectivity index (χ0) is 33.4. The molecule has 0 unspecified atom stereocenters. The number of fused-ring (bicyclic) bond motifs is 1. The number of carbonyl (C=O) groups is 2. The molecule has 0 radical (unpaired) electrons. The van der Waals surface area contributed by atoms with E-state index < -0.39 is 0 Å². The van der Waals surface area contributed by atoms with E-state index in [9.17, 15) is 19.5 Å². The molecule has 11 nitrogen and oxygen atoms in total. The van der Waals surface area contributed by atoms with Gasteiger partial charge in [0.2, 0.25) is 11.6 Å². The highest BCUT2D eigenvalue weighted by Gasteiger charge is 2.28. The van der Waals surface area contributed by atoms with Crippen LogP contribution in [0.5, 0.6) is 5.75 Å². The molecule has 0 atom stereocenters. The lowest BCUT2D eigenvalue weighted by Gasteiger charge is -2.28. The van der Waals surface area contributed by atoms with Crippen LogP contribution in [0.2, 0.25) is 0 Å². The molecule has 0 saturated carbocycles. The second-order valence-electron chi connectivity index (χ2n) is 13.3. The molecule has 0 bridgehead atoms.